The lowest BCUT2D eigenvalue weighted by Crippen LogP contribution is -2.41. The highest BCUT2D eigenvalue weighted by Crippen LogP contribution is 2.22. The predicted molar refractivity (Wildman–Crippen MR) is 88.5 cm³/mol. The molecular formula is C16H23NO6S. The zero-order valence-electron chi connectivity index (χ0n) is 14.4. The molecular weight excluding hydrogens is 334 g/mol. The summed E-state index contributed by atoms with van der Waals surface area (Å²) in [6, 6.07) is 1.49. The molecule has 0 aliphatic rings. The minimum atomic E-state index is -4.11. The van der Waals surface area contributed by atoms with Crippen molar-refractivity contribution >= 4 is 22.0 Å². The maximum Gasteiger partial charge on any atom is 0.337 e. The highest BCUT2D eigenvalue weighted by atomic mass is 32.2. The minimum Gasteiger partial charge on any atom is -0.480 e. The van der Waals surface area contributed by atoms with Crippen LogP contribution in [0.1, 0.15) is 41.8 Å². The monoisotopic (exact) mass is 357 g/mol. The lowest BCUT2D eigenvalue weighted by molar-refractivity contribution is -0.139. The summed E-state index contributed by atoms with van der Waals surface area (Å²) in [6.07, 6.45) is 0.156. The van der Waals surface area contributed by atoms with E-state index in [4.69, 9.17) is 0 Å². The third-order valence-electron chi connectivity index (χ3n) is 3.63. The van der Waals surface area contributed by atoms with E-state index in [1.54, 1.807) is 27.7 Å². The van der Waals surface area contributed by atoms with Crippen LogP contribution in [0.4, 0.5) is 0 Å². The first-order valence-corrected chi connectivity index (χ1v) is 8.92. The van der Waals surface area contributed by atoms with Gasteiger partial charge in [0.15, 0.2) is 0 Å². The van der Waals surface area contributed by atoms with Crippen molar-refractivity contribution in [3.63, 3.8) is 0 Å². The van der Waals surface area contributed by atoms with E-state index in [-0.39, 0.29) is 22.8 Å². The molecule has 0 aliphatic heterocycles. The Kier molecular flexibility index (Phi) is 6.50. The van der Waals surface area contributed by atoms with Crippen LogP contribution in [0.5, 0.6) is 0 Å². The number of methoxy groups -OCH3 is 1. The van der Waals surface area contributed by atoms with Crippen molar-refractivity contribution in [2.45, 2.75) is 45.1 Å². The number of nitrogens with one attached hydrogen (secondary N) is 1. The largest absolute Gasteiger partial charge is 0.480 e. The van der Waals surface area contributed by atoms with Gasteiger partial charge in [0.1, 0.15) is 6.04 Å². The Labute approximate surface area is 142 Å². The number of carboxylic acid groups (broad SMARTS) is 1. The van der Waals surface area contributed by atoms with Crippen LogP contribution in [-0.4, -0.2) is 38.6 Å². The van der Waals surface area contributed by atoms with Gasteiger partial charge in [0.2, 0.25) is 10.0 Å². The molecule has 1 rings (SSSR count). The average Bonchev–Trinajstić information content (AvgIpc) is 2.47. The number of carbonyl (C=O) groups excluding carboxylic acids is 1. The molecule has 7 nitrogen and oxygen atoms in total. The van der Waals surface area contributed by atoms with Crippen LogP contribution < -0.4 is 4.72 Å². The maximum atomic E-state index is 12.6. The molecule has 0 fully saturated rings. The van der Waals surface area contributed by atoms with Crippen LogP contribution in [0, 0.1) is 19.8 Å². The van der Waals surface area contributed by atoms with Crippen LogP contribution in [0.3, 0.4) is 0 Å². The van der Waals surface area contributed by atoms with Gasteiger partial charge < -0.3 is 9.84 Å². The van der Waals surface area contributed by atoms with Gasteiger partial charge in [0.25, 0.3) is 0 Å². The second-order valence-electron chi connectivity index (χ2n) is 6.05. The molecule has 2 N–H and O–H groups in total. The third-order valence-corrected chi connectivity index (χ3v) is 5.23. The quantitative estimate of drug-likeness (QED) is 0.721. The number of aliphatic carboxylic acids is 1. The van der Waals surface area contributed by atoms with Gasteiger partial charge in [-0.05, 0) is 49.4 Å². The Morgan fingerprint density at radius 2 is 1.83 bits per heavy atom. The Hall–Kier alpha value is -1.93. The smallest absolute Gasteiger partial charge is 0.337 e. The fourth-order valence-electron chi connectivity index (χ4n) is 2.26. The van der Waals surface area contributed by atoms with Crippen molar-refractivity contribution < 1.29 is 27.9 Å². The first-order valence-electron chi connectivity index (χ1n) is 7.44. The molecule has 0 saturated carbocycles. The molecule has 0 aliphatic carbocycles. The summed E-state index contributed by atoms with van der Waals surface area (Å²) in [5, 5.41) is 9.24. The van der Waals surface area contributed by atoms with E-state index in [9.17, 15) is 23.1 Å². The van der Waals surface area contributed by atoms with E-state index in [1.807, 2.05) is 0 Å². The number of benzene rings is 1. The highest BCUT2D eigenvalue weighted by molar-refractivity contribution is 7.89. The molecule has 1 atom stereocenters. The van der Waals surface area contributed by atoms with Crippen molar-refractivity contribution in [1.82, 2.24) is 4.72 Å². The number of esters is 1. The highest BCUT2D eigenvalue weighted by Gasteiger charge is 2.28. The van der Waals surface area contributed by atoms with Gasteiger partial charge in [0, 0.05) is 0 Å². The lowest BCUT2D eigenvalue weighted by atomic mass is 10.1. The number of hydrogen-bond donors (Lipinski definition) is 2. The van der Waals surface area contributed by atoms with Gasteiger partial charge in [-0.25, -0.2) is 13.2 Å². The van der Waals surface area contributed by atoms with Crippen molar-refractivity contribution in [3.8, 4) is 0 Å². The molecule has 1 unspecified atom stereocenters. The van der Waals surface area contributed by atoms with Crippen LogP contribution in [0.15, 0.2) is 17.0 Å². The summed E-state index contributed by atoms with van der Waals surface area (Å²) < 4.78 is 32.1. The molecule has 0 amide bonds. The topological polar surface area (TPSA) is 110 Å². The van der Waals surface area contributed by atoms with Crippen LogP contribution in [0.25, 0.3) is 0 Å². The number of carbonyl (C=O) groups is 2. The minimum absolute atomic E-state index is 0.00182. The molecule has 0 aromatic heterocycles. The Morgan fingerprint density at radius 1 is 1.25 bits per heavy atom. The normalized spacial score (nSPS) is 12.9. The van der Waals surface area contributed by atoms with Gasteiger partial charge in [0.05, 0.1) is 17.6 Å². The molecule has 0 spiro atoms. The molecule has 24 heavy (non-hydrogen) atoms. The van der Waals surface area contributed by atoms with E-state index in [0.29, 0.717) is 11.1 Å². The van der Waals surface area contributed by atoms with Crippen LogP contribution in [0.2, 0.25) is 0 Å². The van der Waals surface area contributed by atoms with E-state index in [0.717, 1.165) is 0 Å². The molecule has 1 aromatic carbocycles. The first kappa shape index (κ1) is 20.1. The fraction of sp³-hybridized carbons (Fsp3) is 0.500. The first-order chi connectivity index (χ1) is 11.0. The Morgan fingerprint density at radius 3 is 2.29 bits per heavy atom. The van der Waals surface area contributed by atoms with Gasteiger partial charge in [-0.1, -0.05) is 13.8 Å². The van der Waals surface area contributed by atoms with Crippen LogP contribution in [-0.2, 0) is 19.6 Å². The molecule has 0 saturated heterocycles. The standard InChI is InChI=1S/C16H23NO6S/c1-9(2)6-13(15(18)19)17-24(21,22)14-8-12(16(20)23-5)7-10(3)11(14)4/h7-9,13,17H,6H2,1-5H3,(H,18,19). The number of rotatable bonds is 7. The van der Waals surface area contributed by atoms with Gasteiger partial charge in [-0.3, -0.25) is 4.79 Å². The number of aryl methyl sites for hydroxylation is 1. The summed E-state index contributed by atoms with van der Waals surface area (Å²) in [5.41, 5.74) is 1.13. The number of ether oxygens (including phenoxy) is 1. The molecule has 134 valence electrons. The van der Waals surface area contributed by atoms with Crippen molar-refractivity contribution in [2.24, 2.45) is 5.92 Å². The SMILES string of the molecule is COC(=O)c1cc(C)c(C)c(S(=O)(=O)NC(CC(C)C)C(=O)O)c1. The van der Waals surface area contributed by atoms with Gasteiger partial charge in [-0.2, -0.15) is 4.72 Å². The summed E-state index contributed by atoms with van der Waals surface area (Å²) >= 11 is 0. The molecule has 0 radical (unpaired) electrons. The molecule has 0 heterocycles. The Balaban J connectivity index is 3.33. The number of sulfonamides is 1. The lowest BCUT2D eigenvalue weighted by Gasteiger charge is -2.18. The second-order valence-corrected chi connectivity index (χ2v) is 7.73. The summed E-state index contributed by atoms with van der Waals surface area (Å²) in [6.45, 7) is 6.88. The van der Waals surface area contributed by atoms with Gasteiger partial charge >= 0.3 is 11.9 Å². The van der Waals surface area contributed by atoms with Crippen molar-refractivity contribution in [1.29, 1.82) is 0 Å². The zero-order chi connectivity index (χ0) is 18.7. The maximum absolute atomic E-state index is 12.6. The van der Waals surface area contributed by atoms with E-state index in [2.05, 4.69) is 9.46 Å². The summed E-state index contributed by atoms with van der Waals surface area (Å²) in [7, 11) is -2.90. The van der Waals surface area contributed by atoms with E-state index in [1.165, 1.54) is 19.2 Å². The second kappa shape index (κ2) is 7.76. The van der Waals surface area contributed by atoms with Gasteiger partial charge in [-0.15, -0.1) is 0 Å². The van der Waals surface area contributed by atoms with E-state index < -0.39 is 28.0 Å². The fourth-order valence-corrected chi connectivity index (χ4v) is 3.81. The summed E-state index contributed by atoms with van der Waals surface area (Å²) in [5.74, 6) is -1.91. The third kappa shape index (κ3) is 4.78. The van der Waals surface area contributed by atoms with Crippen LogP contribution >= 0.6 is 0 Å². The molecule has 0 bridgehead atoms. The van der Waals surface area contributed by atoms with Crippen molar-refractivity contribution in [2.75, 3.05) is 7.11 Å². The zero-order valence-corrected chi connectivity index (χ0v) is 15.2. The average molecular weight is 357 g/mol. The van der Waals surface area contributed by atoms with E-state index >= 15 is 0 Å². The molecule has 8 heteroatoms. The summed E-state index contributed by atoms with van der Waals surface area (Å²) in [4.78, 5) is 22.9. The number of hydrogen-bond acceptors (Lipinski definition) is 5. The van der Waals surface area contributed by atoms with Crippen molar-refractivity contribution in [3.05, 3.63) is 28.8 Å². The molecule has 1 aromatic rings. The Bertz CT molecular complexity index is 739. The number of carboxylic acids is 1. The predicted octanol–water partition coefficient (Wildman–Crippen LogP) is 1.87.